The number of ether oxygens (including phenoxy) is 1. The van der Waals surface area contributed by atoms with Crippen LogP contribution >= 0.6 is 12.4 Å². The molecule has 0 saturated heterocycles. The average Bonchev–Trinajstić information content (AvgIpc) is 2.84. The van der Waals surface area contributed by atoms with Crippen molar-refractivity contribution in [2.75, 3.05) is 17.2 Å². The number of nitrogens with zero attached hydrogens (tertiary/aromatic N) is 2. The number of benzene rings is 2. The van der Waals surface area contributed by atoms with E-state index in [1.807, 2.05) is 54.6 Å². The van der Waals surface area contributed by atoms with Crippen molar-refractivity contribution >= 4 is 41.5 Å². The lowest BCUT2D eigenvalue weighted by Gasteiger charge is -2.09. The van der Waals surface area contributed by atoms with Crippen LogP contribution in [0.5, 0.6) is 5.75 Å². The molecule has 0 saturated carbocycles. The van der Waals surface area contributed by atoms with Crippen molar-refractivity contribution in [2.45, 2.75) is 39.0 Å². The van der Waals surface area contributed by atoms with Gasteiger partial charge in [-0.2, -0.15) is 0 Å². The van der Waals surface area contributed by atoms with Gasteiger partial charge >= 0.3 is 0 Å². The lowest BCUT2D eigenvalue weighted by atomic mass is 10.1. The maximum Gasteiger partial charge on any atom is 0.243 e. The lowest BCUT2D eigenvalue weighted by molar-refractivity contribution is -0.129. The number of halogens is 1. The molecule has 0 radical (unpaired) electrons. The Morgan fingerprint density at radius 2 is 1.60 bits per heavy atom. The molecule has 4 N–H and O–H groups in total. The van der Waals surface area contributed by atoms with Crippen molar-refractivity contribution in [2.24, 2.45) is 0 Å². The number of nitrogens with one attached hydrogen (secondary N) is 3. The zero-order valence-electron chi connectivity index (χ0n) is 19.5. The van der Waals surface area contributed by atoms with Gasteiger partial charge in [0.05, 0.1) is 12.3 Å². The summed E-state index contributed by atoms with van der Waals surface area (Å²) in [5.74, 6) is 0.797. The van der Waals surface area contributed by atoms with Crippen molar-refractivity contribution in [1.29, 1.82) is 0 Å². The standard InChI is InChI=1S/C25H29N5O4.ClH/c1-18(31)27-20-9-7-19(8-10-20)23-15-16-26-25(29-23)28-21-11-13-22(14-12-21)34-17-5-3-2-4-6-24(32)30-33;/h7-16,33H,2-6,17H2,1H3,(H,27,31)(H,30,32)(H,26,28,29);1H. The third-order valence-corrected chi connectivity index (χ3v) is 4.96. The fraction of sp³-hybridized carbons (Fsp3) is 0.280. The molecule has 2 aromatic carbocycles. The summed E-state index contributed by atoms with van der Waals surface area (Å²) in [5, 5.41) is 14.4. The van der Waals surface area contributed by atoms with Gasteiger partial charge in [-0.25, -0.2) is 15.4 Å². The van der Waals surface area contributed by atoms with E-state index in [-0.39, 0.29) is 24.2 Å². The molecule has 0 bridgehead atoms. The van der Waals surface area contributed by atoms with Crippen molar-refractivity contribution in [3.8, 4) is 17.0 Å². The van der Waals surface area contributed by atoms with Gasteiger partial charge in [-0.3, -0.25) is 14.8 Å². The molecule has 0 fully saturated rings. The van der Waals surface area contributed by atoms with Gasteiger partial charge in [-0.15, -0.1) is 12.4 Å². The van der Waals surface area contributed by atoms with Crippen LogP contribution < -0.4 is 20.9 Å². The molecule has 0 spiro atoms. The largest absolute Gasteiger partial charge is 0.494 e. The number of carbonyl (C=O) groups is 2. The monoisotopic (exact) mass is 499 g/mol. The molecule has 3 rings (SSSR count). The molecule has 186 valence electrons. The molecule has 0 unspecified atom stereocenters. The second-order valence-corrected chi connectivity index (χ2v) is 7.72. The van der Waals surface area contributed by atoms with E-state index in [1.54, 1.807) is 11.7 Å². The summed E-state index contributed by atoms with van der Waals surface area (Å²) in [7, 11) is 0. The predicted molar refractivity (Wildman–Crippen MR) is 137 cm³/mol. The number of carbonyl (C=O) groups excluding carboxylic acids is 2. The summed E-state index contributed by atoms with van der Waals surface area (Å²) in [6.07, 6.45) is 5.55. The number of amides is 2. The summed E-state index contributed by atoms with van der Waals surface area (Å²) >= 11 is 0. The molecule has 35 heavy (non-hydrogen) atoms. The molecule has 3 aromatic rings. The number of anilines is 3. The summed E-state index contributed by atoms with van der Waals surface area (Å²) in [6.45, 7) is 2.08. The van der Waals surface area contributed by atoms with E-state index in [9.17, 15) is 9.59 Å². The molecule has 9 nitrogen and oxygen atoms in total. The minimum absolute atomic E-state index is 0. The second-order valence-electron chi connectivity index (χ2n) is 7.72. The van der Waals surface area contributed by atoms with E-state index < -0.39 is 0 Å². The molecule has 0 aliphatic heterocycles. The Hall–Kier alpha value is -3.69. The molecule has 0 aliphatic rings. The van der Waals surface area contributed by atoms with Crippen LogP contribution in [0.15, 0.2) is 60.8 Å². The van der Waals surface area contributed by atoms with E-state index in [0.717, 1.165) is 54.1 Å². The molecular weight excluding hydrogens is 470 g/mol. The Morgan fingerprint density at radius 1 is 0.914 bits per heavy atom. The SMILES string of the molecule is CC(=O)Nc1ccc(-c2ccnc(Nc3ccc(OCCCCCCC(=O)NO)cc3)n2)cc1.Cl. The maximum absolute atomic E-state index is 11.2. The van der Waals surface area contributed by atoms with Gasteiger partial charge in [0.2, 0.25) is 17.8 Å². The number of hydrogen-bond donors (Lipinski definition) is 4. The highest BCUT2D eigenvalue weighted by Gasteiger charge is 2.05. The van der Waals surface area contributed by atoms with Gasteiger partial charge in [0.1, 0.15) is 5.75 Å². The number of aromatic nitrogens is 2. The van der Waals surface area contributed by atoms with Crippen LogP contribution in [0.4, 0.5) is 17.3 Å². The Labute approximate surface area is 210 Å². The summed E-state index contributed by atoms with van der Waals surface area (Å²) < 4.78 is 5.77. The third kappa shape index (κ3) is 9.60. The highest BCUT2D eigenvalue weighted by atomic mass is 35.5. The van der Waals surface area contributed by atoms with Gasteiger partial charge < -0.3 is 15.4 Å². The van der Waals surface area contributed by atoms with Gasteiger partial charge in [0.15, 0.2) is 0 Å². The van der Waals surface area contributed by atoms with Crippen LogP contribution in [-0.2, 0) is 9.59 Å². The first-order valence-corrected chi connectivity index (χ1v) is 11.2. The molecule has 0 aliphatic carbocycles. The number of unbranched alkanes of at least 4 members (excludes halogenated alkanes) is 3. The van der Waals surface area contributed by atoms with E-state index >= 15 is 0 Å². The van der Waals surface area contributed by atoms with Gasteiger partial charge in [0.25, 0.3) is 0 Å². The fourth-order valence-corrected chi connectivity index (χ4v) is 3.26. The Balaban J connectivity index is 0.00000432. The van der Waals surface area contributed by atoms with Crippen LogP contribution in [-0.4, -0.2) is 33.6 Å². The second kappa shape index (κ2) is 14.5. The highest BCUT2D eigenvalue weighted by Crippen LogP contribution is 2.22. The zero-order valence-corrected chi connectivity index (χ0v) is 20.3. The molecule has 1 heterocycles. The molecular formula is C25H30ClN5O4. The summed E-state index contributed by atoms with van der Waals surface area (Å²) in [6, 6.07) is 16.9. The highest BCUT2D eigenvalue weighted by molar-refractivity contribution is 5.88. The maximum atomic E-state index is 11.2. The van der Waals surface area contributed by atoms with Crippen molar-refractivity contribution in [3.63, 3.8) is 0 Å². The molecule has 2 amide bonds. The first-order valence-electron chi connectivity index (χ1n) is 11.2. The van der Waals surface area contributed by atoms with Crippen molar-refractivity contribution < 1.29 is 19.5 Å². The fourth-order valence-electron chi connectivity index (χ4n) is 3.26. The average molecular weight is 500 g/mol. The van der Waals surface area contributed by atoms with Crippen molar-refractivity contribution in [1.82, 2.24) is 15.4 Å². The number of hydrogen-bond acceptors (Lipinski definition) is 7. The molecule has 1 aromatic heterocycles. The molecule has 0 atom stereocenters. The minimum Gasteiger partial charge on any atom is -0.494 e. The molecule has 10 heteroatoms. The Bertz CT molecular complexity index is 1080. The van der Waals surface area contributed by atoms with Gasteiger partial charge in [0, 0.05) is 36.5 Å². The topological polar surface area (TPSA) is 125 Å². The smallest absolute Gasteiger partial charge is 0.243 e. The van der Waals surface area contributed by atoms with Crippen LogP contribution in [0.1, 0.15) is 39.0 Å². The van der Waals surface area contributed by atoms with Crippen LogP contribution in [0, 0.1) is 0 Å². The van der Waals surface area contributed by atoms with Crippen molar-refractivity contribution in [3.05, 3.63) is 60.8 Å². The zero-order chi connectivity index (χ0) is 24.2. The van der Waals surface area contributed by atoms with Crippen LogP contribution in [0.3, 0.4) is 0 Å². The first kappa shape index (κ1) is 27.6. The number of hydroxylamine groups is 1. The normalized spacial score (nSPS) is 10.1. The predicted octanol–water partition coefficient (Wildman–Crippen LogP) is 5.10. The quantitative estimate of drug-likeness (QED) is 0.155. The first-order chi connectivity index (χ1) is 16.5. The van der Waals surface area contributed by atoms with Gasteiger partial charge in [-0.1, -0.05) is 25.0 Å². The summed E-state index contributed by atoms with van der Waals surface area (Å²) in [5.41, 5.74) is 4.90. The summed E-state index contributed by atoms with van der Waals surface area (Å²) in [4.78, 5) is 31.0. The van der Waals surface area contributed by atoms with Crippen LogP contribution in [0.2, 0.25) is 0 Å². The number of rotatable bonds is 12. The van der Waals surface area contributed by atoms with E-state index in [2.05, 4.69) is 20.6 Å². The van der Waals surface area contributed by atoms with E-state index in [0.29, 0.717) is 19.0 Å². The minimum atomic E-state index is -0.348. The van der Waals surface area contributed by atoms with E-state index in [4.69, 9.17) is 9.94 Å². The lowest BCUT2D eigenvalue weighted by Crippen LogP contribution is -2.17. The van der Waals surface area contributed by atoms with Gasteiger partial charge in [-0.05, 0) is 55.3 Å². The Morgan fingerprint density at radius 3 is 2.29 bits per heavy atom. The van der Waals surface area contributed by atoms with Crippen LogP contribution in [0.25, 0.3) is 11.3 Å². The third-order valence-electron chi connectivity index (χ3n) is 4.96. The van der Waals surface area contributed by atoms with E-state index in [1.165, 1.54) is 6.92 Å². The Kier molecular flexibility index (Phi) is 11.5.